The van der Waals surface area contributed by atoms with Gasteiger partial charge in [-0.2, -0.15) is 0 Å². The highest BCUT2D eigenvalue weighted by molar-refractivity contribution is 4.99. The first-order valence-corrected chi connectivity index (χ1v) is 8.80. The second kappa shape index (κ2) is 6.36. The minimum Gasteiger partial charge on any atom is -0.311 e. The van der Waals surface area contributed by atoms with E-state index in [4.69, 9.17) is 0 Å². The SMILES string of the molecule is CC(C)CC1CN(C2CCCC2(C)C)C(C(C)C)CN1. The quantitative estimate of drug-likeness (QED) is 0.840. The van der Waals surface area contributed by atoms with Crippen molar-refractivity contribution in [2.75, 3.05) is 13.1 Å². The van der Waals surface area contributed by atoms with Crippen LogP contribution in [0.15, 0.2) is 0 Å². The van der Waals surface area contributed by atoms with Crippen molar-refractivity contribution in [2.24, 2.45) is 17.3 Å². The molecule has 2 heteroatoms. The molecule has 2 nitrogen and oxygen atoms in total. The molecule has 3 atom stereocenters. The molecule has 0 amide bonds. The summed E-state index contributed by atoms with van der Waals surface area (Å²) in [5.41, 5.74) is 0.507. The molecule has 2 rings (SSSR count). The Bertz CT molecular complexity index is 309. The molecule has 1 saturated heterocycles. The summed E-state index contributed by atoms with van der Waals surface area (Å²) in [5, 5.41) is 3.82. The molecule has 1 N–H and O–H groups in total. The lowest BCUT2D eigenvalue weighted by Gasteiger charge is -2.49. The second-order valence-electron chi connectivity index (χ2n) is 8.64. The number of nitrogens with one attached hydrogen (secondary N) is 1. The van der Waals surface area contributed by atoms with Gasteiger partial charge in [-0.3, -0.25) is 4.90 Å². The highest BCUT2D eigenvalue weighted by Gasteiger charge is 2.43. The Morgan fingerprint density at radius 2 is 1.90 bits per heavy atom. The van der Waals surface area contributed by atoms with Gasteiger partial charge in [0, 0.05) is 31.2 Å². The van der Waals surface area contributed by atoms with Gasteiger partial charge in [0.05, 0.1) is 0 Å². The second-order valence-corrected chi connectivity index (χ2v) is 8.64. The fourth-order valence-electron chi connectivity index (χ4n) is 4.49. The minimum atomic E-state index is 0.507. The van der Waals surface area contributed by atoms with Crippen molar-refractivity contribution in [3.8, 4) is 0 Å². The zero-order valence-electron chi connectivity index (χ0n) is 14.6. The van der Waals surface area contributed by atoms with E-state index in [9.17, 15) is 0 Å². The van der Waals surface area contributed by atoms with Gasteiger partial charge in [0.15, 0.2) is 0 Å². The Morgan fingerprint density at radius 1 is 1.20 bits per heavy atom. The third kappa shape index (κ3) is 3.57. The molecule has 1 heterocycles. The highest BCUT2D eigenvalue weighted by Crippen LogP contribution is 2.42. The smallest absolute Gasteiger partial charge is 0.0247 e. The van der Waals surface area contributed by atoms with Crippen molar-refractivity contribution in [1.29, 1.82) is 0 Å². The molecule has 2 aliphatic rings. The van der Waals surface area contributed by atoms with Gasteiger partial charge >= 0.3 is 0 Å². The maximum Gasteiger partial charge on any atom is 0.0247 e. The first kappa shape index (κ1) is 16.3. The van der Waals surface area contributed by atoms with Crippen LogP contribution in [0.1, 0.15) is 67.2 Å². The number of rotatable bonds is 4. The van der Waals surface area contributed by atoms with Crippen LogP contribution in [0.2, 0.25) is 0 Å². The van der Waals surface area contributed by atoms with Crippen LogP contribution in [0.4, 0.5) is 0 Å². The molecule has 20 heavy (non-hydrogen) atoms. The molecule has 1 aliphatic carbocycles. The number of nitrogens with zero attached hydrogens (tertiary/aromatic N) is 1. The maximum atomic E-state index is 3.82. The van der Waals surface area contributed by atoms with Crippen LogP contribution in [-0.2, 0) is 0 Å². The van der Waals surface area contributed by atoms with E-state index in [1.165, 1.54) is 38.8 Å². The first-order chi connectivity index (χ1) is 9.31. The van der Waals surface area contributed by atoms with Gasteiger partial charge < -0.3 is 5.32 Å². The molecule has 118 valence electrons. The van der Waals surface area contributed by atoms with E-state index in [1.807, 2.05) is 0 Å². The summed E-state index contributed by atoms with van der Waals surface area (Å²) in [6.45, 7) is 16.9. The molecule has 0 aromatic heterocycles. The lowest BCUT2D eigenvalue weighted by molar-refractivity contribution is 0.0131. The molecule has 0 aromatic carbocycles. The summed E-state index contributed by atoms with van der Waals surface area (Å²) < 4.78 is 0. The van der Waals surface area contributed by atoms with Crippen LogP contribution < -0.4 is 5.32 Å². The summed E-state index contributed by atoms with van der Waals surface area (Å²) in [4.78, 5) is 2.89. The zero-order valence-corrected chi connectivity index (χ0v) is 14.6. The van der Waals surface area contributed by atoms with Gasteiger partial charge in [0.25, 0.3) is 0 Å². The van der Waals surface area contributed by atoms with Crippen molar-refractivity contribution in [2.45, 2.75) is 85.4 Å². The Hall–Kier alpha value is -0.0800. The van der Waals surface area contributed by atoms with Crippen molar-refractivity contribution in [3.05, 3.63) is 0 Å². The van der Waals surface area contributed by atoms with E-state index in [0.29, 0.717) is 11.5 Å². The van der Waals surface area contributed by atoms with Crippen LogP contribution in [0.25, 0.3) is 0 Å². The molecule has 1 saturated carbocycles. The number of hydrogen-bond acceptors (Lipinski definition) is 2. The van der Waals surface area contributed by atoms with Crippen LogP contribution in [0, 0.1) is 17.3 Å². The van der Waals surface area contributed by atoms with Gasteiger partial charge in [-0.05, 0) is 36.5 Å². The topological polar surface area (TPSA) is 15.3 Å². The maximum absolute atomic E-state index is 3.82. The van der Waals surface area contributed by atoms with Crippen molar-refractivity contribution in [1.82, 2.24) is 10.2 Å². The largest absolute Gasteiger partial charge is 0.311 e. The number of piperazine rings is 1. The zero-order chi connectivity index (χ0) is 14.9. The Labute approximate surface area is 126 Å². The molecule has 2 fully saturated rings. The van der Waals surface area contributed by atoms with E-state index < -0.39 is 0 Å². The molecular weight excluding hydrogens is 244 g/mol. The Kier molecular flexibility index (Phi) is 5.18. The summed E-state index contributed by atoms with van der Waals surface area (Å²) in [6, 6.07) is 2.22. The van der Waals surface area contributed by atoms with Crippen molar-refractivity contribution in [3.63, 3.8) is 0 Å². The predicted molar refractivity (Wildman–Crippen MR) is 88.0 cm³/mol. The normalized spacial score (nSPS) is 35.1. The summed E-state index contributed by atoms with van der Waals surface area (Å²) in [6.07, 6.45) is 5.54. The predicted octanol–water partition coefficient (Wildman–Crippen LogP) is 3.91. The molecule has 1 aliphatic heterocycles. The molecule has 0 spiro atoms. The highest BCUT2D eigenvalue weighted by atomic mass is 15.3. The Balaban J connectivity index is 2.11. The van der Waals surface area contributed by atoms with Gasteiger partial charge in [-0.15, -0.1) is 0 Å². The van der Waals surface area contributed by atoms with Crippen LogP contribution in [0.3, 0.4) is 0 Å². The van der Waals surface area contributed by atoms with E-state index in [0.717, 1.165) is 23.9 Å². The van der Waals surface area contributed by atoms with Crippen molar-refractivity contribution < 1.29 is 0 Å². The first-order valence-electron chi connectivity index (χ1n) is 8.80. The van der Waals surface area contributed by atoms with Gasteiger partial charge in [0.1, 0.15) is 0 Å². The van der Waals surface area contributed by atoms with E-state index in [2.05, 4.69) is 51.8 Å². The fourth-order valence-corrected chi connectivity index (χ4v) is 4.49. The van der Waals surface area contributed by atoms with Gasteiger partial charge in [-0.25, -0.2) is 0 Å². The number of hydrogen-bond donors (Lipinski definition) is 1. The summed E-state index contributed by atoms with van der Waals surface area (Å²) in [7, 11) is 0. The monoisotopic (exact) mass is 280 g/mol. The summed E-state index contributed by atoms with van der Waals surface area (Å²) in [5.74, 6) is 1.54. The standard InChI is InChI=1S/C18H36N2/c1-13(2)10-15-12-20(16(11-19-15)14(3)4)17-8-7-9-18(17,5)6/h13-17,19H,7-12H2,1-6H3. The molecule has 0 bridgehead atoms. The molecular formula is C18H36N2. The van der Waals surface area contributed by atoms with Gasteiger partial charge in [0.2, 0.25) is 0 Å². The lowest BCUT2D eigenvalue weighted by Crippen LogP contribution is -2.62. The molecule has 0 aromatic rings. The average Bonchev–Trinajstić information content (AvgIpc) is 2.67. The lowest BCUT2D eigenvalue weighted by atomic mass is 9.83. The van der Waals surface area contributed by atoms with Crippen molar-refractivity contribution >= 4 is 0 Å². The van der Waals surface area contributed by atoms with E-state index >= 15 is 0 Å². The molecule has 0 radical (unpaired) electrons. The van der Waals surface area contributed by atoms with E-state index in [-0.39, 0.29) is 0 Å². The van der Waals surface area contributed by atoms with E-state index in [1.54, 1.807) is 0 Å². The van der Waals surface area contributed by atoms with Gasteiger partial charge in [-0.1, -0.05) is 48.0 Å². The minimum absolute atomic E-state index is 0.507. The third-order valence-electron chi connectivity index (χ3n) is 5.60. The summed E-state index contributed by atoms with van der Waals surface area (Å²) >= 11 is 0. The third-order valence-corrected chi connectivity index (χ3v) is 5.60. The Morgan fingerprint density at radius 3 is 2.40 bits per heavy atom. The van der Waals surface area contributed by atoms with Crippen LogP contribution >= 0.6 is 0 Å². The van der Waals surface area contributed by atoms with Crippen LogP contribution in [-0.4, -0.2) is 36.1 Å². The average molecular weight is 280 g/mol. The molecule has 3 unspecified atom stereocenters. The fraction of sp³-hybridized carbons (Fsp3) is 1.00. The van der Waals surface area contributed by atoms with Crippen LogP contribution in [0.5, 0.6) is 0 Å².